The molecule has 0 saturated carbocycles. The fraction of sp³-hybridized carbons (Fsp3) is 1.00. The van der Waals surface area contributed by atoms with Crippen LogP contribution in [0.3, 0.4) is 0 Å². The van der Waals surface area contributed by atoms with E-state index in [2.05, 4.69) is 4.74 Å². The first-order chi connectivity index (χ1) is 5.93. The van der Waals surface area contributed by atoms with Crippen molar-refractivity contribution in [3.8, 4) is 0 Å². The van der Waals surface area contributed by atoms with E-state index in [1.807, 2.05) is 0 Å². The van der Waals surface area contributed by atoms with Crippen LogP contribution in [0, 0.1) is 0 Å². The lowest BCUT2D eigenvalue weighted by molar-refractivity contribution is -0.256. The van der Waals surface area contributed by atoms with Crippen LogP contribution in [0.4, 0.5) is 13.2 Å². The van der Waals surface area contributed by atoms with Gasteiger partial charge in [-0.1, -0.05) is 13.3 Å². The summed E-state index contributed by atoms with van der Waals surface area (Å²) < 4.78 is 40.7. The number of hydrogen-bond acceptors (Lipinski definition) is 1. The molecule has 0 aliphatic heterocycles. The van der Waals surface area contributed by atoms with Crippen LogP contribution >= 0.6 is 22.2 Å². The van der Waals surface area contributed by atoms with Gasteiger partial charge in [0, 0.05) is 0 Å². The van der Waals surface area contributed by atoms with Crippen molar-refractivity contribution in [2.45, 2.75) is 31.6 Å². The molecule has 7 heteroatoms. The molecule has 0 radical (unpaired) electrons. The molecule has 0 aromatic rings. The zero-order valence-electron chi connectivity index (χ0n) is 7.07. The first kappa shape index (κ1) is 13.5. The molecule has 0 fully saturated rings. The maximum Gasteiger partial charge on any atom is 0.384 e. The van der Waals surface area contributed by atoms with Gasteiger partial charge >= 0.3 is 6.11 Å². The Bertz CT molecular complexity index is 148. The second-order valence-electron chi connectivity index (χ2n) is 2.55. The van der Waals surface area contributed by atoms with Crippen LogP contribution in [0.1, 0.15) is 19.8 Å². The first-order valence-corrected chi connectivity index (χ1v) is 7.98. The van der Waals surface area contributed by atoms with Crippen molar-refractivity contribution in [1.29, 1.82) is 0 Å². The summed E-state index contributed by atoms with van der Waals surface area (Å²) in [6.45, 7) is -0.0589. The third kappa shape index (κ3) is 5.77. The van der Waals surface area contributed by atoms with Crippen molar-refractivity contribution in [2.75, 3.05) is 6.67 Å². The molecular formula is C6H11Cl2F3OSi. The third-order valence-corrected chi connectivity index (χ3v) is 4.05. The van der Waals surface area contributed by atoms with Crippen LogP contribution in [0.15, 0.2) is 0 Å². The molecule has 0 heterocycles. The second-order valence-corrected chi connectivity index (χ2v) is 7.45. The standard InChI is InChI=1S/C6H11Cl2F3OSi/c1-2-3-5(13(7)8)12-6(10,11)4-9/h5,13H,2-4H2,1H3. The SMILES string of the molecule is CCCC(OC(F)(F)CF)[SiH](Cl)Cl. The number of halogens is 5. The van der Waals surface area contributed by atoms with E-state index >= 15 is 0 Å². The van der Waals surface area contributed by atoms with Crippen molar-refractivity contribution in [1.82, 2.24) is 0 Å². The highest BCUT2D eigenvalue weighted by Gasteiger charge is 2.36. The van der Waals surface area contributed by atoms with Crippen LogP contribution in [-0.4, -0.2) is 25.9 Å². The molecule has 0 bridgehead atoms. The lowest BCUT2D eigenvalue weighted by atomic mass is 10.3. The lowest BCUT2D eigenvalue weighted by Crippen LogP contribution is -2.35. The van der Waals surface area contributed by atoms with Gasteiger partial charge in [0.2, 0.25) is 0 Å². The van der Waals surface area contributed by atoms with E-state index in [0.717, 1.165) is 0 Å². The average Bonchev–Trinajstić information content (AvgIpc) is 2.03. The summed E-state index contributed by atoms with van der Waals surface area (Å²) in [4.78, 5) is 0. The Hall–Kier alpha value is 0.547. The second kappa shape index (κ2) is 6.11. The number of hydrogen-bond donors (Lipinski definition) is 0. The van der Waals surface area contributed by atoms with Crippen LogP contribution in [0.25, 0.3) is 0 Å². The van der Waals surface area contributed by atoms with E-state index in [4.69, 9.17) is 22.2 Å². The number of ether oxygens (including phenoxy) is 1. The molecule has 13 heavy (non-hydrogen) atoms. The summed E-state index contributed by atoms with van der Waals surface area (Å²) >= 11 is 11.0. The van der Waals surface area contributed by atoms with Crippen molar-refractivity contribution in [3.63, 3.8) is 0 Å². The normalized spacial score (nSPS) is 15.0. The van der Waals surface area contributed by atoms with Gasteiger partial charge < -0.3 is 4.74 Å². The number of alkyl halides is 3. The number of rotatable bonds is 6. The molecule has 0 N–H and O–H groups in total. The van der Waals surface area contributed by atoms with Gasteiger partial charge in [-0.2, -0.15) is 8.78 Å². The largest absolute Gasteiger partial charge is 0.384 e. The summed E-state index contributed by atoms with van der Waals surface area (Å²) in [6, 6.07) is 0. The summed E-state index contributed by atoms with van der Waals surface area (Å²) in [5, 5.41) is 0. The Morgan fingerprint density at radius 3 is 2.31 bits per heavy atom. The van der Waals surface area contributed by atoms with Gasteiger partial charge in [-0.25, -0.2) is 4.39 Å². The first-order valence-electron chi connectivity index (χ1n) is 3.82. The molecule has 0 aliphatic carbocycles. The molecule has 1 unspecified atom stereocenters. The van der Waals surface area contributed by atoms with E-state index in [9.17, 15) is 13.2 Å². The predicted octanol–water partition coefficient (Wildman–Crippen LogP) is 2.97. The van der Waals surface area contributed by atoms with Crippen molar-refractivity contribution >= 4 is 29.6 Å². The van der Waals surface area contributed by atoms with Gasteiger partial charge in [0.25, 0.3) is 7.42 Å². The molecule has 0 aromatic carbocycles. The molecule has 1 atom stereocenters. The van der Waals surface area contributed by atoms with Gasteiger partial charge in [-0.05, 0) is 6.42 Å². The highest BCUT2D eigenvalue weighted by atomic mass is 35.7. The smallest absolute Gasteiger partial charge is 0.316 e. The quantitative estimate of drug-likeness (QED) is 0.523. The van der Waals surface area contributed by atoms with E-state index in [1.165, 1.54) is 0 Å². The van der Waals surface area contributed by atoms with E-state index in [0.29, 0.717) is 12.8 Å². The maximum atomic E-state index is 12.4. The molecule has 0 spiro atoms. The molecule has 0 amide bonds. The van der Waals surface area contributed by atoms with Crippen molar-refractivity contribution < 1.29 is 17.9 Å². The fourth-order valence-electron chi connectivity index (χ4n) is 0.774. The Morgan fingerprint density at radius 2 is 2.00 bits per heavy atom. The molecule has 0 aliphatic rings. The highest BCUT2D eigenvalue weighted by Crippen LogP contribution is 2.23. The summed E-state index contributed by atoms with van der Waals surface area (Å²) in [6.07, 6.45) is -2.80. The predicted molar refractivity (Wildman–Crippen MR) is 49.6 cm³/mol. The summed E-state index contributed by atoms with van der Waals surface area (Å²) in [5.41, 5.74) is -0.890. The molecule has 0 aromatic heterocycles. The van der Waals surface area contributed by atoms with Crippen molar-refractivity contribution in [2.24, 2.45) is 0 Å². The zero-order chi connectivity index (χ0) is 10.5. The van der Waals surface area contributed by atoms with E-state index in [1.54, 1.807) is 6.92 Å². The maximum absolute atomic E-state index is 12.4. The van der Waals surface area contributed by atoms with Crippen LogP contribution in [0.5, 0.6) is 0 Å². The van der Waals surface area contributed by atoms with Gasteiger partial charge in [0.05, 0.1) is 5.73 Å². The molecule has 0 saturated heterocycles. The Balaban J connectivity index is 4.08. The lowest BCUT2D eigenvalue weighted by Gasteiger charge is -2.22. The zero-order valence-corrected chi connectivity index (χ0v) is 9.74. The van der Waals surface area contributed by atoms with Gasteiger partial charge in [0.1, 0.15) is 0 Å². The summed E-state index contributed by atoms with van der Waals surface area (Å²) in [7, 11) is -2.34. The molecule has 1 nitrogen and oxygen atoms in total. The minimum absolute atomic E-state index is 0.333. The van der Waals surface area contributed by atoms with Crippen LogP contribution in [-0.2, 0) is 4.74 Å². The van der Waals surface area contributed by atoms with Gasteiger partial charge in [-0.15, -0.1) is 22.2 Å². The summed E-state index contributed by atoms with van der Waals surface area (Å²) in [5.74, 6) is 0. The van der Waals surface area contributed by atoms with Gasteiger partial charge in [-0.3, -0.25) is 0 Å². The topological polar surface area (TPSA) is 9.23 Å². The Morgan fingerprint density at radius 1 is 1.46 bits per heavy atom. The molecule has 0 rings (SSSR count). The highest BCUT2D eigenvalue weighted by molar-refractivity contribution is 7.34. The van der Waals surface area contributed by atoms with Crippen LogP contribution < -0.4 is 0 Å². The van der Waals surface area contributed by atoms with E-state index < -0.39 is 25.9 Å². The van der Waals surface area contributed by atoms with E-state index in [-0.39, 0.29) is 0 Å². The average molecular weight is 255 g/mol. The minimum Gasteiger partial charge on any atom is -0.316 e. The van der Waals surface area contributed by atoms with Gasteiger partial charge in [0.15, 0.2) is 6.67 Å². The van der Waals surface area contributed by atoms with Crippen molar-refractivity contribution in [3.05, 3.63) is 0 Å². The fourth-order valence-corrected chi connectivity index (χ4v) is 2.73. The Labute approximate surface area is 86.2 Å². The molecule has 80 valence electrons. The Kier molecular flexibility index (Phi) is 6.37. The monoisotopic (exact) mass is 254 g/mol. The van der Waals surface area contributed by atoms with Crippen LogP contribution in [0.2, 0.25) is 0 Å². The minimum atomic E-state index is -3.76. The molecular weight excluding hydrogens is 244 g/mol. The third-order valence-electron chi connectivity index (χ3n) is 1.33.